The first kappa shape index (κ1) is 20.9. The van der Waals surface area contributed by atoms with Crippen molar-refractivity contribution in [2.24, 2.45) is 17.3 Å². The maximum Gasteiger partial charge on any atom is 0.260 e. The lowest BCUT2D eigenvalue weighted by atomic mass is 9.65. The van der Waals surface area contributed by atoms with Crippen molar-refractivity contribution in [1.29, 1.82) is 0 Å². The standard InChI is InChI=1S/C22H23F4N5O2/c23-21(24)8-13(21)17(32)28-19-27-16-3-1-2-15(31(16)29-19)12-4-6-20(7-5-12)10-30(11-20)18(33)14-9-22(14,25)26/h1-3,12-14H,4-11H2,(H,28,29,32)/t13-,14-/m0/s1. The van der Waals surface area contributed by atoms with E-state index >= 15 is 0 Å². The summed E-state index contributed by atoms with van der Waals surface area (Å²) in [5.74, 6) is -9.22. The number of anilines is 1. The lowest BCUT2D eigenvalue weighted by molar-refractivity contribution is -0.149. The van der Waals surface area contributed by atoms with E-state index in [1.54, 1.807) is 15.5 Å². The Morgan fingerprint density at radius 2 is 1.64 bits per heavy atom. The van der Waals surface area contributed by atoms with Crippen LogP contribution in [0.2, 0.25) is 0 Å². The number of hydrogen-bond donors (Lipinski definition) is 1. The van der Waals surface area contributed by atoms with E-state index < -0.39 is 41.9 Å². The zero-order chi connectivity index (χ0) is 23.2. The van der Waals surface area contributed by atoms with Gasteiger partial charge < -0.3 is 4.90 Å². The summed E-state index contributed by atoms with van der Waals surface area (Å²) in [6.07, 6.45) is 2.70. The highest BCUT2D eigenvalue weighted by Gasteiger charge is 2.64. The van der Waals surface area contributed by atoms with Gasteiger partial charge >= 0.3 is 0 Å². The van der Waals surface area contributed by atoms with Crippen LogP contribution >= 0.6 is 0 Å². The smallest absolute Gasteiger partial charge is 0.260 e. The van der Waals surface area contributed by atoms with Crippen LogP contribution in [0.5, 0.6) is 0 Å². The molecule has 4 fully saturated rings. The first-order valence-electron chi connectivity index (χ1n) is 11.3. The molecule has 176 valence electrons. The highest BCUT2D eigenvalue weighted by atomic mass is 19.3. The average molecular weight is 465 g/mol. The van der Waals surface area contributed by atoms with E-state index in [-0.39, 0.29) is 23.7 Å². The summed E-state index contributed by atoms with van der Waals surface area (Å²) in [5.41, 5.74) is 1.45. The van der Waals surface area contributed by atoms with Crippen LogP contribution in [0.15, 0.2) is 18.2 Å². The van der Waals surface area contributed by atoms with Gasteiger partial charge in [0.1, 0.15) is 11.8 Å². The number of carbonyl (C=O) groups is 2. The molecule has 1 spiro atoms. The van der Waals surface area contributed by atoms with E-state index in [9.17, 15) is 27.2 Å². The highest BCUT2D eigenvalue weighted by molar-refractivity contribution is 5.94. The van der Waals surface area contributed by atoms with Crippen molar-refractivity contribution < 1.29 is 27.2 Å². The molecule has 1 saturated heterocycles. The lowest BCUT2D eigenvalue weighted by Crippen LogP contribution is -2.60. The summed E-state index contributed by atoms with van der Waals surface area (Å²) < 4.78 is 54.3. The Kier molecular flexibility index (Phi) is 4.21. The Labute approximate surface area is 186 Å². The number of amides is 2. The molecule has 0 aromatic carbocycles. The first-order chi connectivity index (χ1) is 15.6. The molecule has 0 unspecified atom stereocenters. The minimum Gasteiger partial charge on any atom is -0.341 e. The number of carbonyl (C=O) groups excluding carboxylic acids is 2. The van der Waals surface area contributed by atoms with Gasteiger partial charge in [0.15, 0.2) is 5.65 Å². The summed E-state index contributed by atoms with van der Waals surface area (Å²) in [6, 6.07) is 5.53. The van der Waals surface area contributed by atoms with Gasteiger partial charge in [0.2, 0.25) is 17.8 Å². The van der Waals surface area contributed by atoms with Gasteiger partial charge in [0.25, 0.3) is 11.8 Å². The fourth-order valence-corrected chi connectivity index (χ4v) is 5.45. The minimum absolute atomic E-state index is 0.00122. The van der Waals surface area contributed by atoms with Crippen LogP contribution in [0.4, 0.5) is 23.5 Å². The van der Waals surface area contributed by atoms with Crippen LogP contribution in [0.3, 0.4) is 0 Å². The largest absolute Gasteiger partial charge is 0.341 e. The molecule has 7 nitrogen and oxygen atoms in total. The average Bonchev–Trinajstić information content (AvgIpc) is 3.51. The fraction of sp³-hybridized carbons (Fsp3) is 0.636. The van der Waals surface area contributed by atoms with Crippen molar-refractivity contribution in [1.82, 2.24) is 19.5 Å². The number of nitrogens with zero attached hydrogens (tertiary/aromatic N) is 4. The number of rotatable bonds is 4. The molecule has 33 heavy (non-hydrogen) atoms. The van der Waals surface area contributed by atoms with Crippen LogP contribution in [0.25, 0.3) is 5.65 Å². The zero-order valence-electron chi connectivity index (χ0n) is 17.7. The van der Waals surface area contributed by atoms with Crippen LogP contribution in [0.1, 0.15) is 50.1 Å². The van der Waals surface area contributed by atoms with E-state index in [2.05, 4.69) is 15.4 Å². The van der Waals surface area contributed by atoms with E-state index in [1.807, 2.05) is 12.1 Å². The van der Waals surface area contributed by atoms with Gasteiger partial charge in [-0.05, 0) is 37.8 Å². The molecule has 1 N–H and O–H groups in total. The second kappa shape index (κ2) is 6.66. The molecule has 3 saturated carbocycles. The number of fused-ring (bicyclic) bond motifs is 1. The molecule has 4 aliphatic rings. The normalized spacial score (nSPS) is 29.0. The minimum atomic E-state index is -2.95. The van der Waals surface area contributed by atoms with E-state index in [1.165, 1.54) is 0 Å². The maximum atomic E-state index is 13.2. The van der Waals surface area contributed by atoms with Crippen molar-refractivity contribution in [2.45, 2.75) is 56.3 Å². The third-order valence-electron chi connectivity index (χ3n) is 7.72. The van der Waals surface area contributed by atoms with Gasteiger partial charge in [-0.15, -0.1) is 5.10 Å². The van der Waals surface area contributed by atoms with Gasteiger partial charge in [0, 0.05) is 43.0 Å². The molecular formula is C22H23F4N5O2. The van der Waals surface area contributed by atoms with Crippen LogP contribution in [-0.4, -0.2) is 56.2 Å². The van der Waals surface area contributed by atoms with Crippen molar-refractivity contribution in [3.63, 3.8) is 0 Å². The summed E-state index contributed by atoms with van der Waals surface area (Å²) in [5, 5.41) is 6.73. The number of likely N-dealkylation sites (tertiary alicyclic amines) is 1. The molecular weight excluding hydrogens is 442 g/mol. The third kappa shape index (κ3) is 3.47. The molecule has 2 aromatic heterocycles. The third-order valence-corrected chi connectivity index (χ3v) is 7.72. The predicted molar refractivity (Wildman–Crippen MR) is 108 cm³/mol. The topological polar surface area (TPSA) is 79.6 Å². The van der Waals surface area contributed by atoms with E-state index in [4.69, 9.17) is 0 Å². The first-order valence-corrected chi connectivity index (χ1v) is 11.3. The number of pyridine rings is 1. The molecule has 1 aliphatic heterocycles. The Morgan fingerprint density at radius 1 is 1.00 bits per heavy atom. The SMILES string of the molecule is O=C(Nc1nc2cccc(C3CCC4(CC3)CN(C(=O)[C@@H]3CC3(F)F)C4)n2n1)[C@@H]1CC1(F)F. The van der Waals surface area contributed by atoms with Gasteiger partial charge in [0.05, 0.1) is 0 Å². The van der Waals surface area contributed by atoms with Crippen LogP contribution in [-0.2, 0) is 9.59 Å². The number of nitrogens with one attached hydrogen (secondary N) is 1. The van der Waals surface area contributed by atoms with E-state index in [0.717, 1.165) is 31.4 Å². The van der Waals surface area contributed by atoms with Crippen molar-refractivity contribution in [2.75, 3.05) is 18.4 Å². The zero-order valence-corrected chi connectivity index (χ0v) is 17.7. The van der Waals surface area contributed by atoms with Crippen molar-refractivity contribution in [3.8, 4) is 0 Å². The molecule has 2 atom stereocenters. The fourth-order valence-electron chi connectivity index (χ4n) is 5.45. The Morgan fingerprint density at radius 3 is 2.24 bits per heavy atom. The number of aromatic nitrogens is 3. The van der Waals surface area contributed by atoms with Crippen LogP contribution in [0, 0.1) is 17.3 Å². The maximum absolute atomic E-state index is 13.2. The molecule has 0 radical (unpaired) electrons. The number of alkyl halides is 4. The second-order valence-corrected chi connectivity index (χ2v) is 10.1. The summed E-state index contributed by atoms with van der Waals surface area (Å²) >= 11 is 0. The van der Waals surface area contributed by atoms with Gasteiger partial charge in [-0.25, -0.2) is 22.1 Å². The van der Waals surface area contributed by atoms with Crippen molar-refractivity contribution >= 4 is 23.4 Å². The summed E-state index contributed by atoms with van der Waals surface area (Å²) in [7, 11) is 0. The summed E-state index contributed by atoms with van der Waals surface area (Å²) in [6.45, 7) is 1.08. The van der Waals surface area contributed by atoms with Crippen LogP contribution < -0.4 is 5.32 Å². The lowest BCUT2D eigenvalue weighted by Gasteiger charge is -2.53. The molecule has 3 aliphatic carbocycles. The number of hydrogen-bond acceptors (Lipinski definition) is 4. The summed E-state index contributed by atoms with van der Waals surface area (Å²) in [4.78, 5) is 30.0. The Hall–Kier alpha value is -2.72. The predicted octanol–water partition coefficient (Wildman–Crippen LogP) is 3.46. The molecule has 2 amide bonds. The highest BCUT2D eigenvalue weighted by Crippen LogP contribution is 2.53. The molecule has 0 bridgehead atoms. The van der Waals surface area contributed by atoms with E-state index in [0.29, 0.717) is 18.7 Å². The Bertz CT molecular complexity index is 1150. The van der Waals surface area contributed by atoms with Gasteiger partial charge in [-0.3, -0.25) is 14.9 Å². The molecule has 6 rings (SSSR count). The molecule has 2 aromatic rings. The van der Waals surface area contributed by atoms with Gasteiger partial charge in [-0.2, -0.15) is 4.98 Å². The van der Waals surface area contributed by atoms with Gasteiger partial charge in [-0.1, -0.05) is 6.07 Å². The molecule has 11 heteroatoms. The second-order valence-electron chi connectivity index (χ2n) is 10.1. The van der Waals surface area contributed by atoms with Crippen molar-refractivity contribution in [3.05, 3.63) is 23.9 Å². The quantitative estimate of drug-likeness (QED) is 0.702. The molecule has 3 heterocycles. The number of halogens is 4. The Balaban J connectivity index is 1.10. The monoisotopic (exact) mass is 465 g/mol.